The Morgan fingerprint density at radius 3 is 2.62 bits per heavy atom. The number of H-pyrrole nitrogens is 1. The number of benzene rings is 2. The maximum Gasteiger partial charge on any atom is 0.267 e. The van der Waals surface area contributed by atoms with Crippen molar-refractivity contribution in [3.63, 3.8) is 0 Å². The third-order valence-electron chi connectivity index (χ3n) is 4.51. The summed E-state index contributed by atoms with van der Waals surface area (Å²) >= 11 is 0. The molecule has 144 valence electrons. The number of fused-ring (bicyclic) bond motifs is 1. The second kappa shape index (κ2) is 7.39. The number of hydrogen-bond acceptors (Lipinski definition) is 5. The van der Waals surface area contributed by atoms with E-state index in [0.29, 0.717) is 17.5 Å². The van der Waals surface area contributed by atoms with Gasteiger partial charge in [0.2, 0.25) is 5.43 Å². The summed E-state index contributed by atoms with van der Waals surface area (Å²) in [6.07, 6.45) is 4.65. The Balaban J connectivity index is 1.75. The molecule has 0 saturated carbocycles. The number of amides is 2. The topological polar surface area (TPSA) is 136 Å². The van der Waals surface area contributed by atoms with Gasteiger partial charge in [-0.25, -0.2) is 4.68 Å². The molecular weight excluding hydrogens is 372 g/mol. The van der Waals surface area contributed by atoms with Crippen molar-refractivity contribution in [2.75, 3.05) is 5.32 Å². The van der Waals surface area contributed by atoms with Crippen LogP contribution in [-0.4, -0.2) is 31.8 Å². The van der Waals surface area contributed by atoms with Gasteiger partial charge in [-0.3, -0.25) is 14.4 Å². The van der Waals surface area contributed by atoms with E-state index in [9.17, 15) is 14.4 Å². The molecule has 2 aromatic heterocycles. The molecule has 2 heterocycles. The molecule has 0 unspecified atom stereocenters. The summed E-state index contributed by atoms with van der Waals surface area (Å²) < 4.78 is 1.68. The summed E-state index contributed by atoms with van der Waals surface area (Å²) in [5.41, 5.74) is 5.77. The average Bonchev–Trinajstić information content (AvgIpc) is 3.22. The van der Waals surface area contributed by atoms with Crippen molar-refractivity contribution in [2.45, 2.75) is 6.54 Å². The Bertz CT molecular complexity index is 1280. The van der Waals surface area contributed by atoms with Crippen LogP contribution in [0.4, 0.5) is 5.69 Å². The highest BCUT2D eigenvalue weighted by Crippen LogP contribution is 2.24. The third kappa shape index (κ3) is 3.48. The fraction of sp³-hybridized carbons (Fsp3) is 0.0500. The molecule has 4 N–H and O–H groups in total. The van der Waals surface area contributed by atoms with E-state index in [1.54, 1.807) is 23.1 Å². The maximum absolute atomic E-state index is 12.9. The number of nitrogens with one attached hydrogen (secondary N) is 2. The maximum atomic E-state index is 12.9. The second-order valence-corrected chi connectivity index (χ2v) is 6.33. The highest BCUT2D eigenvalue weighted by molar-refractivity contribution is 6.14. The first-order chi connectivity index (χ1) is 14.0. The molecule has 0 atom stereocenters. The number of primary amides is 1. The van der Waals surface area contributed by atoms with Gasteiger partial charge in [-0.15, -0.1) is 5.10 Å². The van der Waals surface area contributed by atoms with Crippen molar-refractivity contribution in [3.05, 3.63) is 88.1 Å². The molecule has 0 spiro atoms. The van der Waals surface area contributed by atoms with Gasteiger partial charge in [0, 0.05) is 24.0 Å². The Morgan fingerprint density at radius 1 is 1.10 bits per heavy atom. The van der Waals surface area contributed by atoms with E-state index in [1.807, 2.05) is 30.3 Å². The Kier molecular flexibility index (Phi) is 4.62. The van der Waals surface area contributed by atoms with Crippen molar-refractivity contribution in [3.8, 4) is 0 Å². The molecule has 2 aromatic carbocycles. The highest BCUT2D eigenvalue weighted by atomic mass is 16.2. The molecule has 4 rings (SSSR count). The van der Waals surface area contributed by atoms with Crippen LogP contribution >= 0.6 is 0 Å². The molecule has 0 radical (unpaired) electrons. The van der Waals surface area contributed by atoms with Gasteiger partial charge in [0.05, 0.1) is 12.7 Å². The van der Waals surface area contributed by atoms with Crippen LogP contribution in [-0.2, 0) is 6.54 Å². The first-order valence-corrected chi connectivity index (χ1v) is 8.72. The molecule has 0 aliphatic heterocycles. The van der Waals surface area contributed by atoms with E-state index in [1.165, 1.54) is 12.3 Å². The van der Waals surface area contributed by atoms with E-state index >= 15 is 0 Å². The number of carbonyl (C=O) groups is 2. The normalized spacial score (nSPS) is 10.8. The zero-order valence-electron chi connectivity index (χ0n) is 15.1. The smallest absolute Gasteiger partial charge is 0.267 e. The molecule has 2 amide bonds. The van der Waals surface area contributed by atoms with Gasteiger partial charge in [0.25, 0.3) is 11.8 Å². The zero-order valence-corrected chi connectivity index (χ0v) is 15.1. The molecule has 9 nitrogen and oxygen atoms in total. The van der Waals surface area contributed by atoms with E-state index in [0.717, 1.165) is 10.9 Å². The van der Waals surface area contributed by atoms with E-state index in [-0.39, 0.29) is 11.4 Å². The van der Waals surface area contributed by atoms with Crippen LogP contribution in [0.3, 0.4) is 0 Å². The molecule has 0 saturated heterocycles. The van der Waals surface area contributed by atoms with Crippen molar-refractivity contribution in [1.29, 1.82) is 0 Å². The first kappa shape index (κ1) is 18.1. The Morgan fingerprint density at radius 2 is 1.90 bits per heavy atom. The van der Waals surface area contributed by atoms with E-state index in [2.05, 4.69) is 20.6 Å². The predicted octanol–water partition coefficient (Wildman–Crippen LogP) is 1.52. The van der Waals surface area contributed by atoms with Crippen molar-refractivity contribution in [2.24, 2.45) is 5.73 Å². The third-order valence-corrected chi connectivity index (χ3v) is 4.51. The molecule has 0 aliphatic carbocycles. The number of aromatic nitrogens is 4. The summed E-state index contributed by atoms with van der Waals surface area (Å²) in [6.45, 7) is 0.493. The number of anilines is 1. The average molecular weight is 388 g/mol. The van der Waals surface area contributed by atoms with Crippen molar-refractivity contribution < 1.29 is 9.59 Å². The molecular formula is C20H16N6O3. The van der Waals surface area contributed by atoms with Crippen LogP contribution in [0.1, 0.15) is 26.4 Å². The van der Waals surface area contributed by atoms with Gasteiger partial charge < -0.3 is 16.0 Å². The lowest BCUT2D eigenvalue weighted by Crippen LogP contribution is -2.25. The quantitative estimate of drug-likeness (QED) is 0.476. The predicted molar refractivity (Wildman–Crippen MR) is 107 cm³/mol. The number of aromatic amines is 1. The molecule has 4 aromatic rings. The summed E-state index contributed by atoms with van der Waals surface area (Å²) in [4.78, 5) is 39.3. The largest absolute Gasteiger partial charge is 0.364 e. The molecule has 9 heteroatoms. The standard InChI is InChI=1S/C20H16N6O3/c21-19(28)18-17(16(27)7-8-22-18)24-20(29)15-6-5-12(11-26-10-9-23-25-26)13-3-1-2-4-14(13)15/h1-10H,11H2,(H2,21,28)(H,22,27)(H,24,29). The minimum absolute atomic E-state index is 0.155. The van der Waals surface area contributed by atoms with Crippen molar-refractivity contribution >= 4 is 28.3 Å². The van der Waals surface area contributed by atoms with Crippen LogP contribution in [0.25, 0.3) is 10.8 Å². The van der Waals surface area contributed by atoms with Crippen LogP contribution in [0.2, 0.25) is 0 Å². The monoisotopic (exact) mass is 388 g/mol. The molecule has 0 bridgehead atoms. The molecule has 0 fully saturated rings. The van der Waals surface area contributed by atoms with Gasteiger partial charge >= 0.3 is 0 Å². The van der Waals surface area contributed by atoms with E-state index in [4.69, 9.17) is 5.73 Å². The summed E-state index contributed by atoms with van der Waals surface area (Å²) in [5.74, 6) is -1.36. The fourth-order valence-electron chi connectivity index (χ4n) is 3.17. The summed E-state index contributed by atoms with van der Waals surface area (Å²) in [5, 5.41) is 11.9. The number of hydrogen-bond donors (Lipinski definition) is 3. The van der Waals surface area contributed by atoms with Gasteiger partial charge in [-0.05, 0) is 22.4 Å². The van der Waals surface area contributed by atoms with Gasteiger partial charge in [0.15, 0.2) is 0 Å². The number of rotatable bonds is 5. The number of nitrogens with zero attached hydrogens (tertiary/aromatic N) is 3. The van der Waals surface area contributed by atoms with Crippen LogP contribution in [0.5, 0.6) is 0 Å². The number of pyridine rings is 1. The molecule has 0 aliphatic rings. The lowest BCUT2D eigenvalue weighted by Gasteiger charge is -2.12. The Labute approximate surface area is 164 Å². The second-order valence-electron chi connectivity index (χ2n) is 6.33. The lowest BCUT2D eigenvalue weighted by molar-refractivity contribution is 0.0996. The van der Waals surface area contributed by atoms with Gasteiger partial charge in [-0.2, -0.15) is 0 Å². The summed E-state index contributed by atoms with van der Waals surface area (Å²) in [6, 6.07) is 12.1. The summed E-state index contributed by atoms with van der Waals surface area (Å²) in [7, 11) is 0. The van der Waals surface area contributed by atoms with E-state index < -0.39 is 17.2 Å². The SMILES string of the molecule is NC(=O)c1[nH]ccc(=O)c1NC(=O)c1ccc(Cn2ccnn2)c2ccccc12. The number of carbonyl (C=O) groups excluding carboxylic acids is 2. The Hall–Kier alpha value is -4.27. The lowest BCUT2D eigenvalue weighted by atomic mass is 9.99. The minimum atomic E-state index is -0.842. The number of nitrogens with two attached hydrogens (primary N) is 1. The van der Waals surface area contributed by atoms with Gasteiger partial charge in [0.1, 0.15) is 11.4 Å². The van der Waals surface area contributed by atoms with Crippen LogP contribution in [0.15, 0.2) is 65.8 Å². The molecule has 29 heavy (non-hydrogen) atoms. The highest BCUT2D eigenvalue weighted by Gasteiger charge is 2.18. The first-order valence-electron chi connectivity index (χ1n) is 8.72. The fourth-order valence-corrected chi connectivity index (χ4v) is 3.17. The van der Waals surface area contributed by atoms with Crippen LogP contribution in [0, 0.1) is 0 Å². The zero-order chi connectivity index (χ0) is 20.4. The minimum Gasteiger partial charge on any atom is -0.364 e. The van der Waals surface area contributed by atoms with Gasteiger partial charge in [-0.1, -0.05) is 35.5 Å². The van der Waals surface area contributed by atoms with Crippen LogP contribution < -0.4 is 16.5 Å². The van der Waals surface area contributed by atoms with Crippen molar-refractivity contribution in [1.82, 2.24) is 20.0 Å².